The molecule has 0 aromatic rings. The highest BCUT2D eigenvalue weighted by Crippen LogP contribution is 2.10. The van der Waals surface area contributed by atoms with E-state index in [1.54, 1.807) is 13.8 Å². The van der Waals surface area contributed by atoms with Gasteiger partial charge in [0, 0.05) is 0 Å². The monoisotopic (exact) mass is 223 g/mol. The Morgan fingerprint density at radius 3 is 2.21 bits per heavy atom. The zero-order chi connectivity index (χ0) is 11.3. The normalized spacial score (nSPS) is 12.6. The lowest BCUT2D eigenvalue weighted by Gasteiger charge is -2.22. The summed E-state index contributed by atoms with van der Waals surface area (Å²) < 4.78 is 0. The van der Waals surface area contributed by atoms with E-state index in [4.69, 9.17) is 16.7 Å². The number of aliphatic carboxylic acids is 1. The van der Waals surface area contributed by atoms with Gasteiger partial charge in [0.05, 0.1) is 0 Å². The minimum atomic E-state index is -1.24. The fourth-order valence-electron chi connectivity index (χ4n) is 0.987. The molecule has 0 heterocycles. The number of hydrogen-bond donors (Lipinski definition) is 2. The van der Waals surface area contributed by atoms with Gasteiger partial charge in [-0.2, -0.15) is 0 Å². The Morgan fingerprint density at radius 1 is 1.43 bits per heavy atom. The molecule has 0 fully saturated rings. The van der Waals surface area contributed by atoms with Gasteiger partial charge in [-0.15, -0.1) is 11.6 Å². The molecule has 0 unspecified atom stereocenters. The van der Waals surface area contributed by atoms with E-state index in [-0.39, 0.29) is 17.4 Å². The number of hydroxylamine groups is 2. The SMILES string of the molecule is CC(C)C[C@H](C(=O)O)N(O)C(=O)CCl. The molecule has 0 saturated heterocycles. The summed E-state index contributed by atoms with van der Waals surface area (Å²) in [5, 5.41) is 18.1. The highest BCUT2D eigenvalue weighted by molar-refractivity contribution is 6.27. The van der Waals surface area contributed by atoms with Crippen molar-refractivity contribution in [2.45, 2.75) is 26.3 Å². The average Bonchev–Trinajstić information content (AvgIpc) is 2.11. The number of carbonyl (C=O) groups is 2. The van der Waals surface area contributed by atoms with Crippen LogP contribution in [0.2, 0.25) is 0 Å². The van der Waals surface area contributed by atoms with E-state index in [1.807, 2.05) is 0 Å². The Bertz CT molecular complexity index is 219. The lowest BCUT2D eigenvalue weighted by atomic mass is 10.0. The summed E-state index contributed by atoms with van der Waals surface area (Å²) in [5.41, 5.74) is 0. The van der Waals surface area contributed by atoms with Crippen LogP contribution in [0.5, 0.6) is 0 Å². The van der Waals surface area contributed by atoms with Gasteiger partial charge in [0.1, 0.15) is 5.88 Å². The van der Waals surface area contributed by atoms with Crippen molar-refractivity contribution in [3.63, 3.8) is 0 Å². The predicted octanol–water partition coefficient (Wildman–Crippen LogP) is 0.942. The van der Waals surface area contributed by atoms with Gasteiger partial charge in [0.2, 0.25) is 0 Å². The van der Waals surface area contributed by atoms with Crippen LogP contribution in [-0.4, -0.2) is 39.2 Å². The third-order valence-corrected chi connectivity index (χ3v) is 1.87. The van der Waals surface area contributed by atoms with Gasteiger partial charge in [-0.05, 0) is 12.3 Å². The predicted molar refractivity (Wildman–Crippen MR) is 50.2 cm³/mol. The molecule has 0 rings (SSSR count). The molecule has 0 aromatic heterocycles. The molecule has 2 N–H and O–H groups in total. The Hall–Kier alpha value is -0.810. The molecule has 1 amide bonds. The average molecular weight is 224 g/mol. The summed E-state index contributed by atoms with van der Waals surface area (Å²) >= 11 is 5.19. The topological polar surface area (TPSA) is 77.8 Å². The second-order valence-corrected chi connectivity index (χ2v) is 3.62. The third kappa shape index (κ3) is 3.93. The maximum absolute atomic E-state index is 10.9. The van der Waals surface area contributed by atoms with Crippen molar-refractivity contribution in [2.24, 2.45) is 5.92 Å². The molecule has 6 heteroatoms. The Balaban J connectivity index is 4.48. The number of alkyl halides is 1. The second kappa shape index (κ2) is 5.82. The highest BCUT2D eigenvalue weighted by Gasteiger charge is 2.28. The van der Waals surface area contributed by atoms with Gasteiger partial charge in [0.15, 0.2) is 6.04 Å². The first-order valence-electron chi connectivity index (χ1n) is 4.19. The van der Waals surface area contributed by atoms with Gasteiger partial charge in [0.25, 0.3) is 5.91 Å². The highest BCUT2D eigenvalue weighted by atomic mass is 35.5. The van der Waals surface area contributed by atoms with Crippen molar-refractivity contribution in [2.75, 3.05) is 5.88 Å². The molecule has 0 aromatic carbocycles. The summed E-state index contributed by atoms with van der Waals surface area (Å²) in [4.78, 5) is 21.6. The Labute approximate surface area is 87.2 Å². The number of carboxylic acid groups (broad SMARTS) is 1. The Morgan fingerprint density at radius 2 is 1.93 bits per heavy atom. The van der Waals surface area contributed by atoms with Crippen LogP contribution in [0.4, 0.5) is 0 Å². The van der Waals surface area contributed by atoms with E-state index in [2.05, 4.69) is 0 Å². The lowest BCUT2D eigenvalue weighted by Crippen LogP contribution is -2.44. The van der Waals surface area contributed by atoms with Crippen LogP contribution in [0.25, 0.3) is 0 Å². The number of carboxylic acids is 1. The first-order valence-corrected chi connectivity index (χ1v) is 4.73. The van der Waals surface area contributed by atoms with E-state index < -0.39 is 23.8 Å². The van der Waals surface area contributed by atoms with Crippen molar-refractivity contribution in [1.29, 1.82) is 0 Å². The molecular formula is C8H14ClNO4. The van der Waals surface area contributed by atoms with Gasteiger partial charge in [-0.25, -0.2) is 9.86 Å². The standard InChI is InChI=1S/C8H14ClNO4/c1-5(2)3-6(8(12)13)10(14)7(11)4-9/h5-6,14H,3-4H2,1-2H3,(H,12,13)/t6-/m1/s1. The van der Waals surface area contributed by atoms with Gasteiger partial charge < -0.3 is 5.11 Å². The van der Waals surface area contributed by atoms with Gasteiger partial charge in [-0.3, -0.25) is 10.0 Å². The molecule has 0 aliphatic rings. The van der Waals surface area contributed by atoms with E-state index >= 15 is 0 Å². The molecule has 0 spiro atoms. The molecule has 5 nitrogen and oxygen atoms in total. The largest absolute Gasteiger partial charge is 0.480 e. The van der Waals surface area contributed by atoms with Crippen LogP contribution in [0, 0.1) is 5.92 Å². The number of carbonyl (C=O) groups excluding carboxylic acids is 1. The summed E-state index contributed by atoms with van der Waals surface area (Å²) in [5.74, 6) is -2.41. The van der Waals surface area contributed by atoms with Crippen molar-refractivity contribution in [3.8, 4) is 0 Å². The lowest BCUT2D eigenvalue weighted by molar-refractivity contribution is -0.185. The molecule has 14 heavy (non-hydrogen) atoms. The number of halogens is 1. The quantitative estimate of drug-likeness (QED) is 0.413. The molecule has 82 valence electrons. The van der Waals surface area contributed by atoms with E-state index in [1.165, 1.54) is 0 Å². The number of hydrogen-bond acceptors (Lipinski definition) is 3. The van der Waals surface area contributed by atoms with Crippen LogP contribution in [-0.2, 0) is 9.59 Å². The molecule has 1 atom stereocenters. The molecular weight excluding hydrogens is 210 g/mol. The zero-order valence-electron chi connectivity index (χ0n) is 8.11. The molecule has 0 bridgehead atoms. The maximum Gasteiger partial charge on any atom is 0.329 e. The molecule has 0 radical (unpaired) electrons. The smallest absolute Gasteiger partial charge is 0.329 e. The van der Waals surface area contributed by atoms with Gasteiger partial charge >= 0.3 is 5.97 Å². The summed E-state index contributed by atoms with van der Waals surface area (Å²) in [6.07, 6.45) is 0.189. The van der Waals surface area contributed by atoms with Crippen molar-refractivity contribution < 1.29 is 19.9 Å². The molecule has 0 aliphatic heterocycles. The van der Waals surface area contributed by atoms with E-state index in [9.17, 15) is 14.8 Å². The zero-order valence-corrected chi connectivity index (χ0v) is 8.86. The van der Waals surface area contributed by atoms with E-state index in [0.29, 0.717) is 0 Å². The van der Waals surface area contributed by atoms with Crippen molar-refractivity contribution in [1.82, 2.24) is 5.06 Å². The van der Waals surface area contributed by atoms with Crippen molar-refractivity contribution in [3.05, 3.63) is 0 Å². The fourth-order valence-corrected chi connectivity index (χ4v) is 1.11. The summed E-state index contributed by atoms with van der Waals surface area (Å²) in [6, 6.07) is -1.22. The van der Waals surface area contributed by atoms with Crippen molar-refractivity contribution >= 4 is 23.5 Å². The van der Waals surface area contributed by atoms with Crippen LogP contribution >= 0.6 is 11.6 Å². The minimum Gasteiger partial charge on any atom is -0.480 e. The first-order chi connectivity index (χ1) is 6.40. The number of nitrogens with zero attached hydrogens (tertiary/aromatic N) is 1. The Kier molecular flexibility index (Phi) is 5.49. The maximum atomic E-state index is 10.9. The fraction of sp³-hybridized carbons (Fsp3) is 0.750. The van der Waals surface area contributed by atoms with E-state index in [0.717, 1.165) is 0 Å². The number of amides is 1. The third-order valence-electron chi connectivity index (χ3n) is 1.64. The summed E-state index contributed by atoms with van der Waals surface area (Å²) in [6.45, 7) is 3.60. The van der Waals surface area contributed by atoms with Crippen LogP contribution < -0.4 is 0 Å². The first kappa shape index (κ1) is 13.2. The second-order valence-electron chi connectivity index (χ2n) is 3.36. The van der Waals surface area contributed by atoms with Gasteiger partial charge in [-0.1, -0.05) is 13.8 Å². The van der Waals surface area contributed by atoms with Crippen LogP contribution in [0.3, 0.4) is 0 Å². The minimum absolute atomic E-state index is 0.0638. The molecule has 0 aliphatic carbocycles. The number of rotatable bonds is 5. The summed E-state index contributed by atoms with van der Waals surface area (Å²) in [7, 11) is 0. The van der Waals surface area contributed by atoms with Crippen LogP contribution in [0.1, 0.15) is 20.3 Å². The molecule has 0 saturated carbocycles. The van der Waals surface area contributed by atoms with Crippen LogP contribution in [0.15, 0.2) is 0 Å².